The van der Waals surface area contributed by atoms with Crippen LogP contribution in [0.2, 0.25) is 0 Å². The van der Waals surface area contributed by atoms with Gasteiger partial charge in [0, 0.05) is 11.1 Å². The van der Waals surface area contributed by atoms with Crippen molar-refractivity contribution in [1.82, 2.24) is 15.2 Å². The quantitative estimate of drug-likeness (QED) is 0.629. The van der Waals surface area contributed by atoms with Crippen LogP contribution in [0, 0.1) is 6.92 Å². The average molecular weight is 401 g/mol. The van der Waals surface area contributed by atoms with Gasteiger partial charge in [-0.3, -0.25) is 4.79 Å². The van der Waals surface area contributed by atoms with Gasteiger partial charge in [-0.05, 0) is 56.4 Å². The van der Waals surface area contributed by atoms with Crippen LogP contribution >= 0.6 is 23.1 Å². The lowest BCUT2D eigenvalue weighted by molar-refractivity contribution is -0.115. The number of carbonyl (C=O) groups excluding carboxylic acids is 1. The molecule has 140 valence electrons. The molecule has 8 heteroatoms. The van der Waals surface area contributed by atoms with Crippen molar-refractivity contribution in [1.29, 1.82) is 0 Å². The van der Waals surface area contributed by atoms with Gasteiger partial charge in [0.2, 0.25) is 11.8 Å². The lowest BCUT2D eigenvalue weighted by Crippen LogP contribution is -2.22. The fourth-order valence-electron chi connectivity index (χ4n) is 3.10. The van der Waals surface area contributed by atoms with Gasteiger partial charge in [0.05, 0.1) is 22.4 Å². The Hall–Kier alpha value is -2.19. The minimum absolute atomic E-state index is 0.0761. The van der Waals surface area contributed by atoms with Crippen LogP contribution in [0.1, 0.15) is 41.1 Å². The number of thiazole rings is 1. The summed E-state index contributed by atoms with van der Waals surface area (Å²) in [4.78, 5) is 16.9. The molecule has 1 atom stereocenters. The zero-order valence-corrected chi connectivity index (χ0v) is 16.8. The van der Waals surface area contributed by atoms with E-state index in [1.165, 1.54) is 29.3 Å². The van der Waals surface area contributed by atoms with Crippen molar-refractivity contribution in [3.8, 4) is 0 Å². The molecule has 0 spiro atoms. The van der Waals surface area contributed by atoms with E-state index in [9.17, 15) is 4.79 Å². The molecule has 2 heterocycles. The fraction of sp³-hybridized carbons (Fsp3) is 0.368. The molecule has 0 saturated carbocycles. The Bertz CT molecular complexity index is 966. The molecular weight excluding hydrogens is 380 g/mol. The van der Waals surface area contributed by atoms with Gasteiger partial charge < -0.3 is 9.73 Å². The number of amides is 1. The van der Waals surface area contributed by atoms with Gasteiger partial charge in [0.1, 0.15) is 0 Å². The molecule has 0 radical (unpaired) electrons. The summed E-state index contributed by atoms with van der Waals surface area (Å²) in [5.41, 5.74) is 4.49. The Kier molecular flexibility index (Phi) is 5.27. The Balaban J connectivity index is 1.34. The highest BCUT2D eigenvalue weighted by Gasteiger charge is 2.20. The monoisotopic (exact) mass is 400 g/mol. The number of hydrogen-bond donors (Lipinski definition) is 1. The first-order chi connectivity index (χ1) is 13.1. The highest BCUT2D eigenvalue weighted by Crippen LogP contribution is 2.27. The number of carbonyl (C=O) groups is 1. The van der Waals surface area contributed by atoms with E-state index in [1.54, 1.807) is 11.3 Å². The minimum Gasteiger partial charge on any atom is -0.416 e. The van der Waals surface area contributed by atoms with Crippen molar-refractivity contribution in [2.75, 3.05) is 5.32 Å². The van der Waals surface area contributed by atoms with Crippen molar-refractivity contribution in [2.24, 2.45) is 0 Å². The van der Waals surface area contributed by atoms with Crippen LogP contribution in [0.25, 0.3) is 0 Å². The van der Waals surface area contributed by atoms with Crippen molar-refractivity contribution in [3.05, 3.63) is 51.3 Å². The molecule has 1 aliphatic carbocycles. The van der Waals surface area contributed by atoms with E-state index in [1.807, 2.05) is 25.3 Å². The summed E-state index contributed by atoms with van der Waals surface area (Å²) in [6.45, 7) is 3.80. The molecule has 1 N–H and O–H groups in total. The van der Waals surface area contributed by atoms with Gasteiger partial charge in [-0.2, -0.15) is 0 Å². The second kappa shape index (κ2) is 7.82. The molecule has 0 fully saturated rings. The molecule has 1 aliphatic rings. The van der Waals surface area contributed by atoms with E-state index in [2.05, 4.69) is 32.6 Å². The van der Waals surface area contributed by atoms with Crippen LogP contribution in [-0.4, -0.2) is 26.3 Å². The molecule has 27 heavy (non-hydrogen) atoms. The standard InChI is InChI=1S/C19H20N4O2S2/c1-11(18(24)21-15-7-6-13-4-3-5-14(13)8-15)27-19-23-22-17(25-19)9-16-10-26-12(2)20-16/h6-8,10-11H,3-5,9H2,1-2H3,(H,21,24). The topological polar surface area (TPSA) is 80.9 Å². The number of hydrogen-bond acceptors (Lipinski definition) is 7. The highest BCUT2D eigenvalue weighted by molar-refractivity contribution is 8.00. The smallest absolute Gasteiger partial charge is 0.277 e. The third-order valence-corrected chi connectivity index (χ3v) is 6.22. The number of thioether (sulfide) groups is 1. The van der Waals surface area contributed by atoms with E-state index in [0.717, 1.165) is 29.2 Å². The number of anilines is 1. The molecule has 3 aromatic rings. The predicted molar refractivity (Wildman–Crippen MR) is 106 cm³/mol. The summed E-state index contributed by atoms with van der Waals surface area (Å²) in [5.74, 6) is 0.432. The molecule has 0 saturated heterocycles. The Morgan fingerprint density at radius 2 is 2.19 bits per heavy atom. The van der Waals surface area contributed by atoms with Gasteiger partial charge in [-0.15, -0.1) is 21.5 Å². The van der Waals surface area contributed by atoms with E-state index in [4.69, 9.17) is 4.42 Å². The van der Waals surface area contributed by atoms with Crippen LogP contribution in [-0.2, 0) is 24.1 Å². The summed E-state index contributed by atoms with van der Waals surface area (Å²) in [5, 5.41) is 14.1. The normalized spacial score (nSPS) is 14.1. The second-order valence-electron chi connectivity index (χ2n) is 6.58. The van der Waals surface area contributed by atoms with Crippen LogP contribution < -0.4 is 5.32 Å². The Morgan fingerprint density at radius 1 is 1.33 bits per heavy atom. The van der Waals surface area contributed by atoms with Crippen molar-refractivity contribution >= 4 is 34.7 Å². The first-order valence-electron chi connectivity index (χ1n) is 8.89. The molecule has 1 unspecified atom stereocenters. The maximum absolute atomic E-state index is 12.5. The number of rotatable bonds is 6. The molecule has 0 bridgehead atoms. The van der Waals surface area contributed by atoms with Gasteiger partial charge in [0.15, 0.2) is 0 Å². The van der Waals surface area contributed by atoms with Crippen molar-refractivity contribution in [2.45, 2.75) is 50.0 Å². The molecule has 6 nitrogen and oxygen atoms in total. The van der Waals surface area contributed by atoms with Crippen LogP contribution in [0.3, 0.4) is 0 Å². The van der Waals surface area contributed by atoms with Gasteiger partial charge >= 0.3 is 0 Å². The molecular formula is C19H20N4O2S2. The zero-order valence-electron chi connectivity index (χ0n) is 15.2. The first-order valence-corrected chi connectivity index (χ1v) is 10.7. The van der Waals surface area contributed by atoms with Gasteiger partial charge in [0.25, 0.3) is 5.22 Å². The lowest BCUT2D eigenvalue weighted by atomic mass is 10.1. The maximum Gasteiger partial charge on any atom is 0.277 e. The van der Waals surface area contributed by atoms with Crippen LogP contribution in [0.5, 0.6) is 0 Å². The maximum atomic E-state index is 12.5. The van der Waals surface area contributed by atoms with Crippen LogP contribution in [0.15, 0.2) is 33.2 Å². The number of aryl methyl sites for hydroxylation is 3. The first kappa shape index (κ1) is 18.2. The fourth-order valence-corrected chi connectivity index (χ4v) is 4.41. The summed E-state index contributed by atoms with van der Waals surface area (Å²) in [7, 11) is 0. The molecule has 0 aliphatic heterocycles. The van der Waals surface area contributed by atoms with Crippen LogP contribution in [0.4, 0.5) is 5.69 Å². The molecule has 1 amide bonds. The number of aromatic nitrogens is 3. The minimum atomic E-state index is -0.340. The van der Waals surface area contributed by atoms with E-state index >= 15 is 0 Å². The summed E-state index contributed by atoms with van der Waals surface area (Å²) < 4.78 is 5.65. The molecule has 1 aromatic carbocycles. The van der Waals surface area contributed by atoms with E-state index in [0.29, 0.717) is 17.5 Å². The second-order valence-corrected chi connectivity index (χ2v) is 8.94. The Morgan fingerprint density at radius 3 is 3.00 bits per heavy atom. The number of fused-ring (bicyclic) bond motifs is 1. The Labute approximate surface area is 165 Å². The predicted octanol–water partition coefficient (Wildman–Crippen LogP) is 4.03. The SMILES string of the molecule is Cc1nc(Cc2nnc(SC(C)C(=O)Nc3ccc4c(c3)CCC4)o2)cs1. The third-order valence-electron chi connectivity index (χ3n) is 4.46. The van der Waals surface area contributed by atoms with Gasteiger partial charge in [-0.25, -0.2) is 4.98 Å². The van der Waals surface area contributed by atoms with Crippen molar-refractivity contribution in [3.63, 3.8) is 0 Å². The van der Waals surface area contributed by atoms with Gasteiger partial charge in [-0.1, -0.05) is 17.8 Å². The lowest BCUT2D eigenvalue weighted by Gasteiger charge is -2.11. The number of nitrogens with one attached hydrogen (secondary N) is 1. The third kappa shape index (κ3) is 4.39. The zero-order chi connectivity index (χ0) is 18.8. The average Bonchev–Trinajstić information content (AvgIpc) is 3.36. The summed E-state index contributed by atoms with van der Waals surface area (Å²) in [6.07, 6.45) is 3.93. The van der Waals surface area contributed by atoms with E-state index < -0.39 is 0 Å². The largest absolute Gasteiger partial charge is 0.416 e. The summed E-state index contributed by atoms with van der Waals surface area (Å²) in [6, 6.07) is 6.17. The number of benzene rings is 1. The van der Waals surface area contributed by atoms with Crippen molar-refractivity contribution < 1.29 is 9.21 Å². The molecule has 4 rings (SSSR count). The molecule has 2 aromatic heterocycles. The summed E-state index contributed by atoms with van der Waals surface area (Å²) >= 11 is 2.86. The van der Waals surface area contributed by atoms with E-state index in [-0.39, 0.29) is 11.2 Å². The highest BCUT2D eigenvalue weighted by atomic mass is 32.2. The number of nitrogens with zero attached hydrogens (tertiary/aromatic N) is 3.